The zero-order valence-corrected chi connectivity index (χ0v) is 18.7. The van der Waals surface area contributed by atoms with Gasteiger partial charge in [0, 0.05) is 37.1 Å². The van der Waals surface area contributed by atoms with E-state index in [0.717, 1.165) is 29.8 Å². The summed E-state index contributed by atoms with van der Waals surface area (Å²) in [7, 11) is 3.56. The zero-order chi connectivity index (χ0) is 21.6. The molecule has 0 aliphatic heterocycles. The number of amides is 1. The van der Waals surface area contributed by atoms with Crippen LogP contribution in [0.1, 0.15) is 32.1 Å². The van der Waals surface area contributed by atoms with Crippen molar-refractivity contribution in [3.8, 4) is 22.8 Å². The first-order valence-electron chi connectivity index (χ1n) is 10.6. The van der Waals surface area contributed by atoms with Gasteiger partial charge in [0.15, 0.2) is 11.0 Å². The molecule has 0 spiro atoms. The lowest BCUT2D eigenvalue weighted by Gasteiger charge is -2.31. The van der Waals surface area contributed by atoms with Crippen LogP contribution in [0.15, 0.2) is 53.9 Å². The van der Waals surface area contributed by atoms with E-state index in [-0.39, 0.29) is 5.91 Å². The molecule has 2 heterocycles. The molecule has 2 aromatic heterocycles. The van der Waals surface area contributed by atoms with E-state index >= 15 is 0 Å². The van der Waals surface area contributed by atoms with Gasteiger partial charge in [0.05, 0.1) is 18.6 Å². The predicted molar refractivity (Wildman–Crippen MR) is 122 cm³/mol. The highest BCUT2D eigenvalue weighted by atomic mass is 32.2. The van der Waals surface area contributed by atoms with Gasteiger partial charge in [-0.15, -0.1) is 10.2 Å². The van der Waals surface area contributed by atoms with Gasteiger partial charge < -0.3 is 9.64 Å². The highest BCUT2D eigenvalue weighted by molar-refractivity contribution is 7.99. The second-order valence-electron chi connectivity index (χ2n) is 7.67. The minimum absolute atomic E-state index is 0.125. The second-order valence-corrected chi connectivity index (χ2v) is 8.61. The van der Waals surface area contributed by atoms with Crippen LogP contribution in [0.4, 0.5) is 0 Å². The Morgan fingerprint density at radius 1 is 1.19 bits per heavy atom. The molecule has 1 amide bonds. The predicted octanol–water partition coefficient (Wildman–Crippen LogP) is 4.22. The van der Waals surface area contributed by atoms with E-state index in [1.54, 1.807) is 19.5 Å². The Bertz CT molecular complexity index is 1020. The summed E-state index contributed by atoms with van der Waals surface area (Å²) in [6.45, 7) is 0. The summed E-state index contributed by atoms with van der Waals surface area (Å²) in [5, 5.41) is 9.49. The third kappa shape index (κ3) is 4.90. The van der Waals surface area contributed by atoms with Crippen LogP contribution in [0.2, 0.25) is 0 Å². The van der Waals surface area contributed by atoms with Crippen LogP contribution in [-0.2, 0) is 4.79 Å². The first kappa shape index (κ1) is 21.4. The molecule has 0 bridgehead atoms. The van der Waals surface area contributed by atoms with Gasteiger partial charge in [-0.25, -0.2) is 0 Å². The van der Waals surface area contributed by atoms with Crippen molar-refractivity contribution in [1.82, 2.24) is 24.6 Å². The zero-order valence-electron chi connectivity index (χ0n) is 17.9. The lowest BCUT2D eigenvalue weighted by Crippen LogP contribution is -2.39. The largest absolute Gasteiger partial charge is 0.497 e. The number of ether oxygens (including phenoxy) is 1. The van der Waals surface area contributed by atoms with Gasteiger partial charge in [-0.2, -0.15) is 0 Å². The number of carbonyl (C=O) groups is 1. The van der Waals surface area contributed by atoms with Gasteiger partial charge in [-0.05, 0) is 37.1 Å². The van der Waals surface area contributed by atoms with Crippen molar-refractivity contribution in [2.75, 3.05) is 19.9 Å². The molecule has 1 fully saturated rings. The van der Waals surface area contributed by atoms with Crippen molar-refractivity contribution < 1.29 is 9.53 Å². The lowest BCUT2D eigenvalue weighted by atomic mass is 9.94. The second kappa shape index (κ2) is 9.96. The van der Waals surface area contributed by atoms with E-state index in [4.69, 9.17) is 4.74 Å². The number of thioether (sulfide) groups is 1. The van der Waals surface area contributed by atoms with E-state index < -0.39 is 0 Å². The highest BCUT2D eigenvalue weighted by Crippen LogP contribution is 2.30. The average Bonchev–Trinajstić information content (AvgIpc) is 3.27. The van der Waals surface area contributed by atoms with Gasteiger partial charge in [-0.1, -0.05) is 37.1 Å². The number of aromatic nitrogens is 4. The summed E-state index contributed by atoms with van der Waals surface area (Å²) in [6.07, 6.45) is 9.36. The monoisotopic (exact) mass is 437 g/mol. The quantitative estimate of drug-likeness (QED) is 0.515. The van der Waals surface area contributed by atoms with Crippen molar-refractivity contribution in [2.45, 2.75) is 43.3 Å². The number of hydrogen-bond donors (Lipinski definition) is 0. The molecular formula is C23H27N5O2S. The SMILES string of the molecule is COc1cccc(-n2c(SCC(=O)N(C)C3CCCCC3)nnc2-c2cccnc2)c1. The Labute approximate surface area is 186 Å². The van der Waals surface area contributed by atoms with Gasteiger partial charge in [0.25, 0.3) is 0 Å². The van der Waals surface area contributed by atoms with Crippen LogP contribution in [0, 0.1) is 0 Å². The van der Waals surface area contributed by atoms with E-state index in [2.05, 4.69) is 15.2 Å². The van der Waals surface area contributed by atoms with Gasteiger partial charge in [0.2, 0.25) is 5.91 Å². The Kier molecular flexibility index (Phi) is 6.86. The minimum Gasteiger partial charge on any atom is -0.497 e. The average molecular weight is 438 g/mol. The summed E-state index contributed by atoms with van der Waals surface area (Å²) in [5.41, 5.74) is 1.73. The lowest BCUT2D eigenvalue weighted by molar-refractivity contribution is -0.129. The molecule has 1 aliphatic rings. The van der Waals surface area contributed by atoms with Crippen LogP contribution in [-0.4, -0.2) is 56.5 Å². The Hall–Kier alpha value is -2.87. The van der Waals surface area contributed by atoms with Crippen molar-refractivity contribution in [2.24, 2.45) is 0 Å². The van der Waals surface area contributed by atoms with E-state index in [9.17, 15) is 4.79 Å². The molecule has 0 atom stereocenters. The molecule has 8 heteroatoms. The fourth-order valence-corrected chi connectivity index (χ4v) is 4.80. The first-order chi connectivity index (χ1) is 15.2. The maximum Gasteiger partial charge on any atom is 0.233 e. The molecule has 4 rings (SSSR count). The molecule has 1 aromatic carbocycles. The first-order valence-corrected chi connectivity index (χ1v) is 11.5. The number of pyridine rings is 1. The Morgan fingerprint density at radius 3 is 2.77 bits per heavy atom. The van der Waals surface area contributed by atoms with Gasteiger partial charge in [0.1, 0.15) is 5.75 Å². The third-order valence-corrected chi connectivity index (χ3v) is 6.62. The van der Waals surface area contributed by atoms with E-state index in [0.29, 0.717) is 22.8 Å². The molecule has 1 aliphatic carbocycles. The molecule has 0 radical (unpaired) electrons. The van der Waals surface area contributed by atoms with Crippen molar-refractivity contribution >= 4 is 17.7 Å². The number of rotatable bonds is 7. The Balaban J connectivity index is 1.60. The van der Waals surface area contributed by atoms with E-state index in [1.807, 2.05) is 52.9 Å². The molecule has 3 aromatic rings. The van der Waals surface area contributed by atoms with Crippen LogP contribution in [0.3, 0.4) is 0 Å². The summed E-state index contributed by atoms with van der Waals surface area (Å²) in [5.74, 6) is 1.87. The van der Waals surface area contributed by atoms with Crippen molar-refractivity contribution in [1.29, 1.82) is 0 Å². The number of benzene rings is 1. The smallest absolute Gasteiger partial charge is 0.233 e. The molecule has 0 unspecified atom stereocenters. The topological polar surface area (TPSA) is 73.1 Å². The molecule has 7 nitrogen and oxygen atoms in total. The summed E-state index contributed by atoms with van der Waals surface area (Å²) in [6, 6.07) is 11.9. The van der Waals surface area contributed by atoms with Crippen LogP contribution >= 0.6 is 11.8 Å². The molecule has 0 saturated heterocycles. The molecular weight excluding hydrogens is 410 g/mol. The van der Waals surface area contributed by atoms with Gasteiger partial charge >= 0.3 is 0 Å². The van der Waals surface area contributed by atoms with E-state index in [1.165, 1.54) is 31.0 Å². The fraction of sp³-hybridized carbons (Fsp3) is 0.391. The number of carbonyl (C=O) groups excluding carboxylic acids is 1. The standard InChI is InChI=1S/C23H27N5O2S/c1-27(18-9-4-3-5-10-18)21(29)16-31-23-26-25-22(17-8-7-13-24-15-17)28(23)19-11-6-12-20(14-19)30-2/h6-8,11-15,18H,3-5,9-10,16H2,1-2H3. The number of methoxy groups -OCH3 is 1. The summed E-state index contributed by atoms with van der Waals surface area (Å²) in [4.78, 5) is 19.0. The van der Waals surface area contributed by atoms with Crippen LogP contribution in [0.25, 0.3) is 17.1 Å². The van der Waals surface area contributed by atoms with Crippen LogP contribution in [0.5, 0.6) is 5.75 Å². The maximum atomic E-state index is 12.9. The van der Waals surface area contributed by atoms with Crippen molar-refractivity contribution in [3.63, 3.8) is 0 Å². The highest BCUT2D eigenvalue weighted by Gasteiger charge is 2.23. The molecule has 1 saturated carbocycles. The molecule has 162 valence electrons. The number of nitrogens with zero attached hydrogens (tertiary/aromatic N) is 5. The minimum atomic E-state index is 0.125. The molecule has 31 heavy (non-hydrogen) atoms. The molecule has 0 N–H and O–H groups in total. The maximum absolute atomic E-state index is 12.9. The third-order valence-electron chi connectivity index (χ3n) is 5.71. The Morgan fingerprint density at radius 2 is 2.03 bits per heavy atom. The number of hydrogen-bond acceptors (Lipinski definition) is 6. The van der Waals surface area contributed by atoms with Gasteiger partial charge in [-0.3, -0.25) is 14.3 Å². The summed E-state index contributed by atoms with van der Waals surface area (Å²) < 4.78 is 7.36. The summed E-state index contributed by atoms with van der Waals surface area (Å²) >= 11 is 1.41. The fourth-order valence-electron chi connectivity index (χ4n) is 3.93. The van der Waals surface area contributed by atoms with Crippen molar-refractivity contribution in [3.05, 3.63) is 48.8 Å². The normalized spacial score (nSPS) is 14.4. The van der Waals surface area contributed by atoms with Crippen LogP contribution < -0.4 is 4.74 Å².